The monoisotopic (exact) mass is 186 g/mol. The van der Waals surface area contributed by atoms with E-state index in [2.05, 4.69) is 6.92 Å². The van der Waals surface area contributed by atoms with Crippen molar-refractivity contribution in [1.82, 2.24) is 0 Å². The second kappa shape index (κ2) is 6.39. The molecule has 1 fully saturated rings. The first-order chi connectivity index (χ1) is 6.34. The third-order valence-electron chi connectivity index (χ3n) is 2.91. The molecule has 1 unspecified atom stereocenters. The minimum absolute atomic E-state index is 0.0737. The summed E-state index contributed by atoms with van der Waals surface area (Å²) in [6, 6.07) is 0. The van der Waals surface area contributed by atoms with E-state index in [1.165, 1.54) is 19.3 Å². The van der Waals surface area contributed by atoms with Gasteiger partial charge in [0, 0.05) is 13.2 Å². The van der Waals surface area contributed by atoms with Gasteiger partial charge >= 0.3 is 0 Å². The van der Waals surface area contributed by atoms with E-state index in [1.807, 2.05) is 0 Å². The maximum absolute atomic E-state index is 9.85. The number of hydrogen-bond acceptors (Lipinski definition) is 2. The Kier molecular flexibility index (Phi) is 5.40. The van der Waals surface area contributed by atoms with Crippen molar-refractivity contribution in [2.24, 2.45) is 5.92 Å². The Morgan fingerprint density at radius 3 is 2.62 bits per heavy atom. The predicted octanol–water partition coefficient (Wildman–Crippen LogP) is 2.35. The van der Waals surface area contributed by atoms with Crippen molar-refractivity contribution in [3.63, 3.8) is 0 Å². The number of hydrogen-bond donors (Lipinski definition) is 1. The van der Waals surface area contributed by atoms with Crippen molar-refractivity contribution in [3.8, 4) is 0 Å². The van der Waals surface area contributed by atoms with Crippen molar-refractivity contribution >= 4 is 0 Å². The molecule has 0 aromatic rings. The summed E-state index contributed by atoms with van der Waals surface area (Å²) in [7, 11) is 0. The van der Waals surface area contributed by atoms with Crippen molar-refractivity contribution in [1.29, 1.82) is 0 Å². The third-order valence-corrected chi connectivity index (χ3v) is 2.91. The van der Waals surface area contributed by atoms with E-state index in [9.17, 15) is 5.11 Å². The van der Waals surface area contributed by atoms with Gasteiger partial charge in [0.2, 0.25) is 0 Å². The first-order valence-corrected chi connectivity index (χ1v) is 5.60. The molecule has 1 atom stereocenters. The van der Waals surface area contributed by atoms with E-state index >= 15 is 0 Å². The van der Waals surface area contributed by atoms with Gasteiger partial charge in [0.25, 0.3) is 0 Å². The summed E-state index contributed by atoms with van der Waals surface area (Å²) in [5, 5.41) is 9.85. The zero-order chi connectivity index (χ0) is 9.52. The molecule has 0 bridgehead atoms. The van der Waals surface area contributed by atoms with Crippen LogP contribution >= 0.6 is 0 Å². The molecule has 1 rings (SSSR count). The number of unbranched alkanes of at least 4 members (excludes halogenated alkanes) is 2. The lowest BCUT2D eigenvalue weighted by molar-refractivity contribution is 0.00413. The van der Waals surface area contributed by atoms with Crippen LogP contribution in [0.4, 0.5) is 0 Å². The smallest absolute Gasteiger partial charge is 0.0570 e. The standard InChI is InChI=1S/C11H22O2/c1-2-3-4-5-11(12)10-6-8-13-9-7-10/h10-12H,2-9H2,1H3. The summed E-state index contributed by atoms with van der Waals surface area (Å²) >= 11 is 0. The summed E-state index contributed by atoms with van der Waals surface area (Å²) in [5.41, 5.74) is 0. The molecule has 0 aliphatic carbocycles. The highest BCUT2D eigenvalue weighted by molar-refractivity contribution is 4.71. The lowest BCUT2D eigenvalue weighted by Crippen LogP contribution is -2.27. The minimum atomic E-state index is -0.0737. The van der Waals surface area contributed by atoms with Gasteiger partial charge in [-0.25, -0.2) is 0 Å². The van der Waals surface area contributed by atoms with Crippen LogP contribution in [0, 0.1) is 5.92 Å². The van der Waals surface area contributed by atoms with Crippen molar-refractivity contribution in [2.45, 2.75) is 51.6 Å². The molecule has 1 saturated heterocycles. The van der Waals surface area contributed by atoms with Gasteiger partial charge < -0.3 is 9.84 Å². The predicted molar refractivity (Wildman–Crippen MR) is 53.7 cm³/mol. The van der Waals surface area contributed by atoms with Crippen LogP contribution in [0.25, 0.3) is 0 Å². The first-order valence-electron chi connectivity index (χ1n) is 5.60. The summed E-state index contributed by atoms with van der Waals surface area (Å²) in [6.07, 6.45) is 6.67. The van der Waals surface area contributed by atoms with Gasteiger partial charge in [-0.05, 0) is 25.2 Å². The Morgan fingerprint density at radius 2 is 2.00 bits per heavy atom. The Bertz CT molecular complexity index is 119. The summed E-state index contributed by atoms with van der Waals surface area (Å²) in [4.78, 5) is 0. The molecule has 0 spiro atoms. The van der Waals surface area contributed by atoms with E-state index in [1.54, 1.807) is 0 Å². The number of rotatable bonds is 5. The largest absolute Gasteiger partial charge is 0.393 e. The molecule has 78 valence electrons. The van der Waals surface area contributed by atoms with Crippen LogP contribution in [-0.2, 0) is 4.74 Å². The van der Waals surface area contributed by atoms with E-state index in [4.69, 9.17) is 4.74 Å². The molecule has 0 amide bonds. The molecular weight excluding hydrogens is 164 g/mol. The highest BCUT2D eigenvalue weighted by Crippen LogP contribution is 2.22. The van der Waals surface area contributed by atoms with E-state index in [-0.39, 0.29) is 6.10 Å². The van der Waals surface area contributed by atoms with Gasteiger partial charge in [0.15, 0.2) is 0 Å². The molecule has 0 aromatic carbocycles. The van der Waals surface area contributed by atoms with E-state index in [0.717, 1.165) is 32.5 Å². The number of aliphatic hydroxyl groups is 1. The van der Waals surface area contributed by atoms with Gasteiger partial charge in [-0.3, -0.25) is 0 Å². The Balaban J connectivity index is 2.09. The fourth-order valence-electron chi connectivity index (χ4n) is 1.94. The van der Waals surface area contributed by atoms with Crippen LogP contribution in [0.3, 0.4) is 0 Å². The average molecular weight is 186 g/mol. The number of aliphatic hydroxyl groups excluding tert-OH is 1. The van der Waals surface area contributed by atoms with Crippen LogP contribution in [-0.4, -0.2) is 24.4 Å². The van der Waals surface area contributed by atoms with E-state index in [0.29, 0.717) is 5.92 Å². The summed E-state index contributed by atoms with van der Waals surface area (Å²) in [6.45, 7) is 3.88. The Labute approximate surface area is 81.3 Å². The van der Waals surface area contributed by atoms with E-state index < -0.39 is 0 Å². The highest BCUT2D eigenvalue weighted by Gasteiger charge is 2.21. The van der Waals surface area contributed by atoms with Gasteiger partial charge in [-0.15, -0.1) is 0 Å². The third kappa shape index (κ3) is 4.10. The lowest BCUT2D eigenvalue weighted by Gasteiger charge is -2.26. The zero-order valence-electron chi connectivity index (χ0n) is 8.67. The second-order valence-corrected chi connectivity index (χ2v) is 4.01. The van der Waals surface area contributed by atoms with Crippen LogP contribution in [0.15, 0.2) is 0 Å². The lowest BCUT2D eigenvalue weighted by atomic mass is 9.91. The van der Waals surface area contributed by atoms with Crippen LogP contribution in [0.2, 0.25) is 0 Å². The average Bonchev–Trinajstić information content (AvgIpc) is 2.19. The van der Waals surface area contributed by atoms with Crippen molar-refractivity contribution < 1.29 is 9.84 Å². The molecule has 1 N–H and O–H groups in total. The molecule has 0 saturated carbocycles. The highest BCUT2D eigenvalue weighted by atomic mass is 16.5. The maximum Gasteiger partial charge on any atom is 0.0570 e. The first kappa shape index (κ1) is 11.0. The molecule has 0 aromatic heterocycles. The molecular formula is C11H22O2. The Morgan fingerprint density at radius 1 is 1.31 bits per heavy atom. The molecule has 2 nitrogen and oxygen atoms in total. The zero-order valence-corrected chi connectivity index (χ0v) is 8.67. The van der Waals surface area contributed by atoms with Crippen LogP contribution in [0.5, 0.6) is 0 Å². The van der Waals surface area contributed by atoms with Crippen LogP contribution in [0.1, 0.15) is 45.4 Å². The van der Waals surface area contributed by atoms with Crippen molar-refractivity contribution in [3.05, 3.63) is 0 Å². The molecule has 1 aliphatic heterocycles. The SMILES string of the molecule is CCCCCC(O)C1CCOCC1. The normalized spacial score (nSPS) is 21.7. The second-order valence-electron chi connectivity index (χ2n) is 4.01. The quantitative estimate of drug-likeness (QED) is 0.668. The fraction of sp³-hybridized carbons (Fsp3) is 1.00. The molecule has 1 aliphatic rings. The minimum Gasteiger partial charge on any atom is -0.393 e. The van der Waals surface area contributed by atoms with Gasteiger partial charge in [-0.2, -0.15) is 0 Å². The number of ether oxygens (including phenoxy) is 1. The molecule has 0 radical (unpaired) electrons. The summed E-state index contributed by atoms with van der Waals surface area (Å²) in [5.74, 6) is 0.505. The fourth-order valence-corrected chi connectivity index (χ4v) is 1.94. The summed E-state index contributed by atoms with van der Waals surface area (Å²) < 4.78 is 5.26. The molecule has 13 heavy (non-hydrogen) atoms. The van der Waals surface area contributed by atoms with Crippen molar-refractivity contribution in [2.75, 3.05) is 13.2 Å². The van der Waals surface area contributed by atoms with Crippen LogP contribution < -0.4 is 0 Å². The van der Waals surface area contributed by atoms with Gasteiger partial charge in [0.1, 0.15) is 0 Å². The topological polar surface area (TPSA) is 29.5 Å². The Hall–Kier alpha value is -0.0800. The maximum atomic E-state index is 9.85. The molecule has 1 heterocycles. The van der Waals surface area contributed by atoms with Gasteiger partial charge in [-0.1, -0.05) is 26.2 Å². The van der Waals surface area contributed by atoms with Gasteiger partial charge in [0.05, 0.1) is 6.10 Å². The molecule has 2 heteroatoms.